The second kappa shape index (κ2) is 4.55. The van der Waals surface area contributed by atoms with Gasteiger partial charge in [-0.05, 0) is 35.4 Å². The summed E-state index contributed by atoms with van der Waals surface area (Å²) in [7, 11) is 0. The lowest BCUT2D eigenvalue weighted by Gasteiger charge is -2.03. The van der Waals surface area contributed by atoms with E-state index in [0.29, 0.717) is 5.56 Å². The molecule has 2 nitrogen and oxygen atoms in total. The molecule has 0 aliphatic rings. The van der Waals surface area contributed by atoms with Gasteiger partial charge in [-0.15, -0.1) is 0 Å². The van der Waals surface area contributed by atoms with Gasteiger partial charge in [0.15, 0.2) is 0 Å². The van der Waals surface area contributed by atoms with Crippen molar-refractivity contribution in [1.29, 1.82) is 0 Å². The monoisotopic (exact) mass is 249 g/mol. The predicted molar refractivity (Wildman–Crippen MR) is 65.4 cm³/mol. The van der Waals surface area contributed by atoms with Crippen molar-refractivity contribution >= 4 is 17.5 Å². The van der Waals surface area contributed by atoms with Crippen LogP contribution in [-0.4, -0.2) is 5.91 Å². The molecule has 0 saturated carbocycles. The Morgan fingerprint density at radius 3 is 2.18 bits per heavy atom. The van der Waals surface area contributed by atoms with E-state index in [9.17, 15) is 9.18 Å². The average Bonchev–Trinajstić information content (AvgIpc) is 2.33. The van der Waals surface area contributed by atoms with Crippen molar-refractivity contribution in [1.82, 2.24) is 0 Å². The zero-order valence-corrected chi connectivity index (χ0v) is 9.54. The minimum absolute atomic E-state index is 0.0708. The van der Waals surface area contributed by atoms with E-state index < -0.39 is 11.7 Å². The lowest BCUT2D eigenvalue weighted by Crippen LogP contribution is -2.10. The number of halogens is 2. The Labute approximate surface area is 103 Å². The number of amides is 1. The summed E-state index contributed by atoms with van der Waals surface area (Å²) in [5, 5.41) is 0.0708. The van der Waals surface area contributed by atoms with Crippen LogP contribution in [0.1, 0.15) is 10.4 Å². The van der Waals surface area contributed by atoms with E-state index in [4.69, 9.17) is 17.3 Å². The summed E-state index contributed by atoms with van der Waals surface area (Å²) in [6, 6.07) is 11.2. The van der Waals surface area contributed by atoms with Gasteiger partial charge in [0.1, 0.15) is 5.82 Å². The van der Waals surface area contributed by atoms with Gasteiger partial charge in [-0.1, -0.05) is 29.8 Å². The molecule has 2 aromatic rings. The molecule has 86 valence electrons. The quantitative estimate of drug-likeness (QED) is 0.872. The number of hydrogen-bond donors (Lipinski definition) is 1. The van der Waals surface area contributed by atoms with Crippen molar-refractivity contribution < 1.29 is 9.18 Å². The third-order valence-electron chi connectivity index (χ3n) is 2.42. The standard InChI is InChI=1S/C13H9ClFNO/c14-11-7-10(5-6-12(11)15)8-1-3-9(4-2-8)13(16)17/h1-7H,(H2,16,17). The van der Waals surface area contributed by atoms with Crippen LogP contribution in [0.25, 0.3) is 11.1 Å². The summed E-state index contributed by atoms with van der Waals surface area (Å²) in [5.74, 6) is -0.933. The Morgan fingerprint density at radius 2 is 1.65 bits per heavy atom. The Balaban J connectivity index is 2.39. The number of rotatable bonds is 2. The second-order valence-corrected chi connectivity index (χ2v) is 3.98. The number of nitrogens with two attached hydrogens (primary N) is 1. The number of carbonyl (C=O) groups excluding carboxylic acids is 1. The second-order valence-electron chi connectivity index (χ2n) is 3.57. The Bertz CT molecular complexity index is 566. The molecule has 0 heterocycles. The van der Waals surface area contributed by atoms with Crippen molar-refractivity contribution in [3.8, 4) is 11.1 Å². The predicted octanol–water partition coefficient (Wildman–Crippen LogP) is 3.25. The highest BCUT2D eigenvalue weighted by Crippen LogP contribution is 2.25. The third-order valence-corrected chi connectivity index (χ3v) is 2.71. The highest BCUT2D eigenvalue weighted by molar-refractivity contribution is 6.31. The molecule has 0 unspecified atom stereocenters. The maximum absolute atomic E-state index is 13.0. The first kappa shape index (κ1) is 11.6. The Hall–Kier alpha value is -1.87. The van der Waals surface area contributed by atoms with Crippen molar-refractivity contribution in [3.63, 3.8) is 0 Å². The number of primary amides is 1. The van der Waals surface area contributed by atoms with E-state index in [1.54, 1.807) is 30.3 Å². The van der Waals surface area contributed by atoms with E-state index in [-0.39, 0.29) is 5.02 Å². The van der Waals surface area contributed by atoms with E-state index in [0.717, 1.165) is 11.1 Å². The minimum atomic E-state index is -0.478. The summed E-state index contributed by atoms with van der Waals surface area (Å²) in [6.07, 6.45) is 0. The SMILES string of the molecule is NC(=O)c1ccc(-c2ccc(F)c(Cl)c2)cc1. The fourth-order valence-corrected chi connectivity index (χ4v) is 1.68. The zero-order valence-electron chi connectivity index (χ0n) is 8.78. The largest absolute Gasteiger partial charge is 0.366 e. The van der Waals surface area contributed by atoms with Crippen LogP contribution in [-0.2, 0) is 0 Å². The molecule has 4 heteroatoms. The van der Waals surface area contributed by atoms with E-state index in [2.05, 4.69) is 0 Å². The molecular formula is C13H9ClFNO. The van der Waals surface area contributed by atoms with Crippen LogP contribution in [0, 0.1) is 5.82 Å². The molecule has 0 aliphatic heterocycles. The highest BCUT2D eigenvalue weighted by Gasteiger charge is 2.04. The molecule has 1 amide bonds. The lowest BCUT2D eigenvalue weighted by atomic mass is 10.0. The molecule has 0 atom stereocenters. The van der Waals surface area contributed by atoms with Crippen LogP contribution in [0.4, 0.5) is 4.39 Å². The first-order valence-corrected chi connectivity index (χ1v) is 5.31. The van der Waals surface area contributed by atoms with Gasteiger partial charge in [0, 0.05) is 5.56 Å². The summed E-state index contributed by atoms with van der Waals surface area (Å²) in [5.41, 5.74) is 7.20. The normalized spacial score (nSPS) is 10.2. The fourth-order valence-electron chi connectivity index (χ4n) is 1.50. The van der Waals surface area contributed by atoms with Gasteiger partial charge >= 0.3 is 0 Å². The third kappa shape index (κ3) is 2.45. The van der Waals surface area contributed by atoms with Gasteiger partial charge < -0.3 is 5.73 Å². The van der Waals surface area contributed by atoms with Gasteiger partial charge in [0.2, 0.25) is 5.91 Å². The van der Waals surface area contributed by atoms with Crippen molar-refractivity contribution in [2.75, 3.05) is 0 Å². The molecule has 0 saturated heterocycles. The molecule has 2 N–H and O–H groups in total. The zero-order chi connectivity index (χ0) is 12.4. The topological polar surface area (TPSA) is 43.1 Å². The van der Waals surface area contributed by atoms with Crippen LogP contribution in [0.5, 0.6) is 0 Å². The summed E-state index contributed by atoms with van der Waals surface area (Å²) >= 11 is 5.70. The molecule has 17 heavy (non-hydrogen) atoms. The van der Waals surface area contributed by atoms with E-state index in [1.165, 1.54) is 12.1 Å². The summed E-state index contributed by atoms with van der Waals surface area (Å²) < 4.78 is 13.0. The van der Waals surface area contributed by atoms with E-state index in [1.807, 2.05) is 0 Å². The van der Waals surface area contributed by atoms with Crippen LogP contribution >= 0.6 is 11.6 Å². The number of carbonyl (C=O) groups is 1. The van der Waals surface area contributed by atoms with Crippen molar-refractivity contribution in [2.24, 2.45) is 5.73 Å². The minimum Gasteiger partial charge on any atom is -0.366 e. The van der Waals surface area contributed by atoms with Crippen molar-refractivity contribution in [3.05, 3.63) is 58.9 Å². The lowest BCUT2D eigenvalue weighted by molar-refractivity contribution is 0.100. The summed E-state index contributed by atoms with van der Waals surface area (Å²) in [4.78, 5) is 10.9. The molecule has 2 aromatic carbocycles. The molecule has 2 rings (SSSR count). The maximum Gasteiger partial charge on any atom is 0.248 e. The van der Waals surface area contributed by atoms with Gasteiger partial charge in [-0.3, -0.25) is 4.79 Å². The van der Waals surface area contributed by atoms with Crippen LogP contribution < -0.4 is 5.73 Å². The first-order chi connectivity index (χ1) is 8.08. The Kier molecular flexibility index (Phi) is 3.11. The molecule has 0 spiro atoms. The number of hydrogen-bond acceptors (Lipinski definition) is 1. The van der Waals surface area contributed by atoms with E-state index >= 15 is 0 Å². The maximum atomic E-state index is 13.0. The molecular weight excluding hydrogens is 241 g/mol. The fraction of sp³-hybridized carbons (Fsp3) is 0. The molecule has 0 radical (unpaired) electrons. The van der Waals surface area contributed by atoms with Crippen molar-refractivity contribution in [2.45, 2.75) is 0 Å². The van der Waals surface area contributed by atoms with Crippen LogP contribution in [0.3, 0.4) is 0 Å². The average molecular weight is 250 g/mol. The molecule has 0 aliphatic carbocycles. The van der Waals surface area contributed by atoms with Crippen LogP contribution in [0.15, 0.2) is 42.5 Å². The molecule has 0 bridgehead atoms. The van der Waals surface area contributed by atoms with Gasteiger partial charge in [-0.25, -0.2) is 4.39 Å². The first-order valence-electron chi connectivity index (χ1n) is 4.93. The highest BCUT2D eigenvalue weighted by atomic mass is 35.5. The van der Waals surface area contributed by atoms with Gasteiger partial charge in [-0.2, -0.15) is 0 Å². The smallest absolute Gasteiger partial charge is 0.248 e. The Morgan fingerprint density at radius 1 is 1.06 bits per heavy atom. The molecule has 0 aromatic heterocycles. The van der Waals surface area contributed by atoms with Crippen LogP contribution in [0.2, 0.25) is 5.02 Å². The van der Waals surface area contributed by atoms with Gasteiger partial charge in [0.05, 0.1) is 5.02 Å². The molecule has 0 fully saturated rings. The number of benzene rings is 2. The van der Waals surface area contributed by atoms with Gasteiger partial charge in [0.25, 0.3) is 0 Å². The summed E-state index contributed by atoms with van der Waals surface area (Å²) in [6.45, 7) is 0.